The Labute approximate surface area is 164 Å². The van der Waals surface area contributed by atoms with Crippen LogP contribution in [0.15, 0.2) is 60.6 Å². The number of hydrogen-bond donors (Lipinski definition) is 1. The minimum absolute atomic E-state index is 0.0501. The molecule has 0 spiro atoms. The van der Waals surface area contributed by atoms with E-state index in [9.17, 15) is 9.59 Å². The van der Waals surface area contributed by atoms with Crippen molar-refractivity contribution in [3.05, 3.63) is 67.2 Å². The van der Waals surface area contributed by atoms with E-state index < -0.39 is 5.97 Å². The number of rotatable bonds is 3. The molecule has 0 aliphatic rings. The van der Waals surface area contributed by atoms with Crippen molar-refractivity contribution in [3.63, 3.8) is 0 Å². The molecular formula is C20H12Br2O4. The van der Waals surface area contributed by atoms with E-state index in [-0.39, 0.29) is 18.3 Å². The number of carbonyl (C=O) groups is 1. The maximum Gasteiger partial charge on any atom is 0.303 e. The molecule has 1 N–H and O–H groups in total. The summed E-state index contributed by atoms with van der Waals surface area (Å²) in [6.07, 6.45) is 0.212. The fourth-order valence-corrected chi connectivity index (χ4v) is 4.12. The van der Waals surface area contributed by atoms with Crippen molar-refractivity contribution in [1.82, 2.24) is 0 Å². The molecule has 0 saturated heterocycles. The first-order valence-electron chi connectivity index (χ1n) is 7.93. The van der Waals surface area contributed by atoms with Crippen LogP contribution >= 0.6 is 31.9 Å². The van der Waals surface area contributed by atoms with Crippen LogP contribution in [0.1, 0.15) is 12.0 Å². The molecular weight excluding hydrogens is 464 g/mol. The molecule has 0 radical (unpaired) electrons. The summed E-state index contributed by atoms with van der Waals surface area (Å²) in [4.78, 5) is 24.3. The second kappa shape index (κ2) is 6.52. The first-order chi connectivity index (χ1) is 12.4. The van der Waals surface area contributed by atoms with E-state index in [4.69, 9.17) is 9.52 Å². The number of hydrogen-bond acceptors (Lipinski definition) is 3. The van der Waals surface area contributed by atoms with Crippen molar-refractivity contribution >= 4 is 70.5 Å². The van der Waals surface area contributed by atoms with E-state index in [1.165, 1.54) is 0 Å². The van der Waals surface area contributed by atoms with Gasteiger partial charge in [-0.1, -0.05) is 44.0 Å². The molecule has 0 unspecified atom stereocenters. The predicted octanol–water partition coefficient (Wildman–Crippen LogP) is 5.64. The van der Waals surface area contributed by atoms with Gasteiger partial charge in [0.1, 0.15) is 11.2 Å². The number of carboxylic acids is 1. The van der Waals surface area contributed by atoms with Crippen LogP contribution in [0.2, 0.25) is 0 Å². The van der Waals surface area contributed by atoms with E-state index >= 15 is 0 Å². The van der Waals surface area contributed by atoms with Crippen molar-refractivity contribution in [2.75, 3.05) is 0 Å². The smallest absolute Gasteiger partial charge is 0.303 e. The molecule has 0 atom stereocenters. The second-order valence-corrected chi connectivity index (χ2v) is 7.90. The van der Waals surface area contributed by atoms with Gasteiger partial charge < -0.3 is 9.52 Å². The Hall–Kier alpha value is -2.18. The first kappa shape index (κ1) is 17.2. The lowest BCUT2D eigenvalue weighted by Crippen LogP contribution is -2.07. The summed E-state index contributed by atoms with van der Waals surface area (Å²) in [6.45, 7) is 0. The molecule has 0 saturated carbocycles. The highest BCUT2D eigenvalue weighted by atomic mass is 79.9. The highest BCUT2D eigenvalue weighted by molar-refractivity contribution is 9.10. The Morgan fingerprint density at radius 1 is 0.962 bits per heavy atom. The maximum absolute atomic E-state index is 13.3. The number of halogens is 2. The largest absolute Gasteiger partial charge is 0.481 e. The molecule has 0 bridgehead atoms. The molecule has 6 heteroatoms. The highest BCUT2D eigenvalue weighted by Gasteiger charge is 2.16. The SMILES string of the molecule is O=C(O)CCc1cc(Br)cc2oc3ccc4cc(Br)ccc4c3c(=O)c12. The summed E-state index contributed by atoms with van der Waals surface area (Å²) in [6, 6.07) is 13.0. The Bertz CT molecular complexity index is 1260. The van der Waals surface area contributed by atoms with Gasteiger partial charge in [0.05, 0.1) is 10.8 Å². The highest BCUT2D eigenvalue weighted by Crippen LogP contribution is 2.31. The average Bonchev–Trinajstić information content (AvgIpc) is 2.58. The zero-order valence-electron chi connectivity index (χ0n) is 13.4. The fourth-order valence-electron chi connectivity index (χ4n) is 3.26. The van der Waals surface area contributed by atoms with Crippen LogP contribution in [0.3, 0.4) is 0 Å². The van der Waals surface area contributed by atoms with Crippen LogP contribution in [-0.4, -0.2) is 11.1 Å². The summed E-state index contributed by atoms with van der Waals surface area (Å²) in [7, 11) is 0. The van der Waals surface area contributed by atoms with E-state index in [1.54, 1.807) is 18.2 Å². The lowest BCUT2D eigenvalue weighted by atomic mass is 10.00. The Morgan fingerprint density at radius 3 is 2.54 bits per heavy atom. The topological polar surface area (TPSA) is 67.5 Å². The van der Waals surface area contributed by atoms with Crippen LogP contribution in [0.4, 0.5) is 0 Å². The van der Waals surface area contributed by atoms with E-state index in [2.05, 4.69) is 31.9 Å². The van der Waals surface area contributed by atoms with Gasteiger partial charge in [-0.3, -0.25) is 9.59 Å². The van der Waals surface area contributed by atoms with Crippen LogP contribution in [-0.2, 0) is 11.2 Å². The molecule has 1 heterocycles. The Balaban J connectivity index is 2.12. The third-order valence-electron chi connectivity index (χ3n) is 4.37. The number of carboxylic acid groups (broad SMARTS) is 1. The summed E-state index contributed by atoms with van der Waals surface area (Å²) < 4.78 is 7.68. The van der Waals surface area contributed by atoms with Gasteiger partial charge in [-0.15, -0.1) is 0 Å². The van der Waals surface area contributed by atoms with Crippen LogP contribution in [0.5, 0.6) is 0 Å². The predicted molar refractivity (Wildman–Crippen MR) is 109 cm³/mol. The molecule has 26 heavy (non-hydrogen) atoms. The van der Waals surface area contributed by atoms with Crippen molar-refractivity contribution in [2.24, 2.45) is 0 Å². The number of benzene rings is 3. The fraction of sp³-hybridized carbons (Fsp3) is 0.100. The summed E-state index contributed by atoms with van der Waals surface area (Å²) in [5.74, 6) is -0.904. The summed E-state index contributed by atoms with van der Waals surface area (Å²) >= 11 is 6.86. The standard InChI is InChI=1S/C20H12Br2O4/c21-12-3-4-14-10(7-12)1-5-15-19(14)20(25)18-11(2-6-17(23)24)8-13(22)9-16(18)26-15/h1,3-5,7-9H,2,6H2,(H,23,24). The van der Waals surface area contributed by atoms with Gasteiger partial charge in [0.2, 0.25) is 5.43 Å². The third kappa shape index (κ3) is 2.93. The van der Waals surface area contributed by atoms with E-state index in [1.807, 2.05) is 24.3 Å². The average molecular weight is 476 g/mol. The third-order valence-corrected chi connectivity index (χ3v) is 5.33. The lowest BCUT2D eigenvalue weighted by molar-refractivity contribution is -0.136. The molecule has 1 aromatic heterocycles. The van der Waals surface area contributed by atoms with Gasteiger partial charge in [0, 0.05) is 15.4 Å². The summed E-state index contributed by atoms with van der Waals surface area (Å²) in [5, 5.41) is 11.7. The minimum atomic E-state index is -0.904. The van der Waals surface area contributed by atoms with Crippen LogP contribution in [0, 0.1) is 0 Å². The molecule has 0 aliphatic carbocycles. The molecule has 3 aromatic carbocycles. The monoisotopic (exact) mass is 474 g/mol. The van der Waals surface area contributed by atoms with Gasteiger partial charge in [0.25, 0.3) is 0 Å². The molecule has 4 aromatic rings. The molecule has 4 nitrogen and oxygen atoms in total. The van der Waals surface area contributed by atoms with Crippen LogP contribution in [0.25, 0.3) is 32.7 Å². The zero-order valence-corrected chi connectivity index (χ0v) is 16.6. The maximum atomic E-state index is 13.3. The molecule has 0 fully saturated rings. The van der Waals surface area contributed by atoms with Crippen molar-refractivity contribution in [3.8, 4) is 0 Å². The van der Waals surface area contributed by atoms with E-state index in [0.29, 0.717) is 27.5 Å². The molecule has 0 aliphatic heterocycles. The molecule has 0 amide bonds. The van der Waals surface area contributed by atoms with Gasteiger partial charge >= 0.3 is 5.97 Å². The first-order valence-corrected chi connectivity index (χ1v) is 9.51. The number of fused-ring (bicyclic) bond motifs is 4. The summed E-state index contributed by atoms with van der Waals surface area (Å²) in [5.41, 5.74) is 1.50. The van der Waals surface area contributed by atoms with Crippen molar-refractivity contribution in [2.45, 2.75) is 12.8 Å². The zero-order chi connectivity index (χ0) is 18.4. The second-order valence-electron chi connectivity index (χ2n) is 6.07. The van der Waals surface area contributed by atoms with Crippen molar-refractivity contribution < 1.29 is 14.3 Å². The van der Waals surface area contributed by atoms with Gasteiger partial charge in [0.15, 0.2) is 0 Å². The molecule has 130 valence electrons. The molecule has 4 rings (SSSR count). The quantitative estimate of drug-likeness (QED) is 0.307. The Kier molecular flexibility index (Phi) is 4.32. The lowest BCUT2D eigenvalue weighted by Gasteiger charge is -2.09. The van der Waals surface area contributed by atoms with Crippen LogP contribution < -0.4 is 5.43 Å². The normalized spacial score (nSPS) is 11.5. The van der Waals surface area contributed by atoms with E-state index in [0.717, 1.165) is 19.7 Å². The number of aliphatic carboxylic acids is 1. The van der Waals surface area contributed by atoms with Gasteiger partial charge in [-0.2, -0.15) is 0 Å². The Morgan fingerprint density at radius 2 is 1.77 bits per heavy atom. The van der Waals surface area contributed by atoms with Gasteiger partial charge in [-0.05, 0) is 53.1 Å². The minimum Gasteiger partial charge on any atom is -0.481 e. The van der Waals surface area contributed by atoms with Crippen molar-refractivity contribution in [1.29, 1.82) is 0 Å². The van der Waals surface area contributed by atoms with Gasteiger partial charge in [-0.25, -0.2) is 0 Å². The number of aryl methyl sites for hydroxylation is 1.